The molecule has 0 spiro atoms. The molecule has 4 fully saturated rings. The minimum atomic E-state index is -0.177. The number of carbonyl (C=O) groups excluding carboxylic acids is 1. The third-order valence-corrected chi connectivity index (χ3v) is 4.11. The summed E-state index contributed by atoms with van der Waals surface area (Å²) in [5.74, 6) is 0.709. The first-order valence-electron chi connectivity index (χ1n) is 5.46. The fraction of sp³-hybridized carbons (Fsp3) is 0.909. The largest absolute Gasteiger partial charge is 0.469 e. The van der Waals surface area contributed by atoms with Gasteiger partial charge in [-0.1, -0.05) is 0 Å². The van der Waals surface area contributed by atoms with Gasteiger partial charge < -0.3 is 9.47 Å². The molecule has 2 aliphatic heterocycles. The topological polar surface area (TPSA) is 35.5 Å². The number of carbonyl (C=O) groups is 1. The molecule has 4 rings (SSSR count). The van der Waals surface area contributed by atoms with Crippen LogP contribution in [-0.2, 0) is 14.3 Å². The standard InChI is InChI=1S/C11H16O3/c1-13-10(12)11-4-7-2-8(5-11)14-9(3-7)6-11/h7-9H,2-6H2,1H3. The summed E-state index contributed by atoms with van der Waals surface area (Å²) in [6.45, 7) is 0. The molecule has 0 aromatic heterocycles. The van der Waals surface area contributed by atoms with Crippen LogP contribution in [0.15, 0.2) is 0 Å². The van der Waals surface area contributed by atoms with Crippen molar-refractivity contribution in [3.05, 3.63) is 0 Å². The predicted octanol–water partition coefficient (Wildman–Crippen LogP) is 1.51. The second-order valence-electron chi connectivity index (χ2n) is 5.10. The molecule has 2 saturated carbocycles. The molecule has 14 heavy (non-hydrogen) atoms. The lowest BCUT2D eigenvalue weighted by molar-refractivity contribution is -0.207. The zero-order valence-electron chi connectivity index (χ0n) is 8.49. The maximum atomic E-state index is 11.8. The van der Waals surface area contributed by atoms with Crippen molar-refractivity contribution in [2.75, 3.05) is 7.11 Å². The molecule has 0 N–H and O–H groups in total. The van der Waals surface area contributed by atoms with Crippen molar-refractivity contribution in [1.29, 1.82) is 0 Å². The molecule has 2 saturated heterocycles. The van der Waals surface area contributed by atoms with E-state index in [9.17, 15) is 4.79 Å². The van der Waals surface area contributed by atoms with E-state index in [4.69, 9.17) is 9.47 Å². The van der Waals surface area contributed by atoms with Crippen LogP contribution in [-0.4, -0.2) is 25.3 Å². The Morgan fingerprint density at radius 1 is 1.29 bits per heavy atom. The van der Waals surface area contributed by atoms with Crippen LogP contribution in [0.5, 0.6) is 0 Å². The first-order chi connectivity index (χ1) is 6.72. The van der Waals surface area contributed by atoms with Gasteiger partial charge in [-0.15, -0.1) is 0 Å². The molecule has 78 valence electrons. The predicted molar refractivity (Wildman–Crippen MR) is 49.7 cm³/mol. The Kier molecular flexibility index (Phi) is 1.69. The van der Waals surface area contributed by atoms with Gasteiger partial charge in [0, 0.05) is 0 Å². The van der Waals surface area contributed by atoms with E-state index < -0.39 is 0 Å². The zero-order valence-corrected chi connectivity index (χ0v) is 8.49. The Bertz CT molecular complexity index is 236. The molecule has 2 aliphatic carbocycles. The zero-order chi connectivity index (χ0) is 9.76. The van der Waals surface area contributed by atoms with Gasteiger partial charge in [0.15, 0.2) is 0 Å². The summed E-state index contributed by atoms with van der Waals surface area (Å²) in [5, 5.41) is 0. The highest BCUT2D eigenvalue weighted by atomic mass is 16.5. The number of rotatable bonds is 1. The minimum Gasteiger partial charge on any atom is -0.469 e. The van der Waals surface area contributed by atoms with Gasteiger partial charge >= 0.3 is 5.97 Å². The Morgan fingerprint density at radius 2 is 1.93 bits per heavy atom. The van der Waals surface area contributed by atoms with E-state index in [0.717, 1.165) is 32.1 Å². The summed E-state index contributed by atoms with van der Waals surface area (Å²) in [7, 11) is 1.50. The van der Waals surface area contributed by atoms with E-state index in [1.165, 1.54) is 7.11 Å². The van der Waals surface area contributed by atoms with Gasteiger partial charge in [-0.2, -0.15) is 0 Å². The highest BCUT2D eigenvalue weighted by Crippen LogP contribution is 2.55. The first kappa shape index (κ1) is 8.72. The number of hydrogen-bond donors (Lipinski definition) is 0. The van der Waals surface area contributed by atoms with Crippen LogP contribution in [0.1, 0.15) is 32.1 Å². The maximum absolute atomic E-state index is 11.8. The summed E-state index contributed by atoms with van der Waals surface area (Å²) in [4.78, 5) is 11.8. The average molecular weight is 196 g/mol. The molecular formula is C11H16O3. The van der Waals surface area contributed by atoms with E-state index in [2.05, 4.69) is 0 Å². The molecule has 4 bridgehead atoms. The molecule has 3 nitrogen and oxygen atoms in total. The molecule has 0 aromatic carbocycles. The lowest BCUT2D eigenvalue weighted by Gasteiger charge is -2.54. The van der Waals surface area contributed by atoms with Gasteiger partial charge in [0.25, 0.3) is 0 Å². The van der Waals surface area contributed by atoms with E-state index >= 15 is 0 Å². The van der Waals surface area contributed by atoms with E-state index in [1.54, 1.807) is 0 Å². The van der Waals surface area contributed by atoms with Gasteiger partial charge in [0.1, 0.15) is 0 Å². The summed E-state index contributed by atoms with van der Waals surface area (Å²) in [6.07, 6.45) is 5.82. The summed E-state index contributed by atoms with van der Waals surface area (Å²) in [6, 6.07) is 0. The smallest absolute Gasteiger partial charge is 0.312 e. The Labute approximate surface area is 83.8 Å². The molecule has 0 radical (unpaired) electrons. The molecule has 2 heterocycles. The fourth-order valence-electron chi connectivity index (χ4n) is 3.79. The SMILES string of the molecule is COC(=O)C12CC3CC(C1)OC(C3)C2. The van der Waals surface area contributed by atoms with Gasteiger partial charge in [-0.25, -0.2) is 0 Å². The monoisotopic (exact) mass is 196 g/mol. The van der Waals surface area contributed by atoms with Crippen LogP contribution in [0.4, 0.5) is 0 Å². The van der Waals surface area contributed by atoms with Crippen LogP contribution in [0.3, 0.4) is 0 Å². The third-order valence-electron chi connectivity index (χ3n) is 4.11. The van der Waals surface area contributed by atoms with Gasteiger partial charge in [0.2, 0.25) is 0 Å². The van der Waals surface area contributed by atoms with Crippen LogP contribution in [0.2, 0.25) is 0 Å². The lowest BCUT2D eigenvalue weighted by Crippen LogP contribution is -2.55. The van der Waals surface area contributed by atoms with E-state index in [0.29, 0.717) is 18.1 Å². The summed E-state index contributed by atoms with van der Waals surface area (Å²) < 4.78 is 10.8. The normalized spacial score (nSPS) is 49.4. The number of hydrogen-bond acceptors (Lipinski definition) is 3. The van der Waals surface area contributed by atoms with Crippen LogP contribution in [0.25, 0.3) is 0 Å². The van der Waals surface area contributed by atoms with Crippen molar-refractivity contribution in [3.8, 4) is 0 Å². The number of esters is 1. The second kappa shape index (κ2) is 2.72. The second-order valence-corrected chi connectivity index (χ2v) is 5.10. The molecule has 3 heteroatoms. The Balaban J connectivity index is 1.91. The van der Waals surface area contributed by atoms with Gasteiger partial charge in [-0.3, -0.25) is 4.79 Å². The molecule has 0 aromatic rings. The third kappa shape index (κ3) is 1.05. The number of ether oxygens (including phenoxy) is 2. The summed E-state index contributed by atoms with van der Waals surface area (Å²) in [5.41, 5.74) is -0.177. The van der Waals surface area contributed by atoms with Gasteiger partial charge in [-0.05, 0) is 38.0 Å². The van der Waals surface area contributed by atoms with Crippen LogP contribution >= 0.6 is 0 Å². The van der Waals surface area contributed by atoms with Crippen molar-refractivity contribution in [2.24, 2.45) is 11.3 Å². The van der Waals surface area contributed by atoms with Crippen molar-refractivity contribution >= 4 is 5.97 Å². The molecule has 4 aliphatic rings. The number of methoxy groups -OCH3 is 1. The minimum absolute atomic E-state index is 0.000185. The first-order valence-corrected chi connectivity index (χ1v) is 5.46. The molecule has 2 unspecified atom stereocenters. The maximum Gasteiger partial charge on any atom is 0.312 e. The highest BCUT2D eigenvalue weighted by Gasteiger charge is 2.56. The van der Waals surface area contributed by atoms with Crippen molar-refractivity contribution < 1.29 is 14.3 Å². The lowest BCUT2D eigenvalue weighted by atomic mass is 9.58. The quantitative estimate of drug-likeness (QED) is 0.596. The fourth-order valence-corrected chi connectivity index (χ4v) is 3.79. The van der Waals surface area contributed by atoms with Crippen LogP contribution < -0.4 is 0 Å². The van der Waals surface area contributed by atoms with Crippen molar-refractivity contribution in [2.45, 2.75) is 44.3 Å². The average Bonchev–Trinajstić information content (AvgIpc) is 2.14. The van der Waals surface area contributed by atoms with E-state index in [1.807, 2.05) is 0 Å². The van der Waals surface area contributed by atoms with Crippen molar-refractivity contribution in [3.63, 3.8) is 0 Å². The van der Waals surface area contributed by atoms with Gasteiger partial charge in [0.05, 0.1) is 24.7 Å². The Hall–Kier alpha value is -0.570. The molecular weight excluding hydrogens is 180 g/mol. The van der Waals surface area contributed by atoms with E-state index in [-0.39, 0.29) is 11.4 Å². The highest BCUT2D eigenvalue weighted by molar-refractivity contribution is 5.77. The molecule has 0 amide bonds. The molecule has 2 atom stereocenters. The van der Waals surface area contributed by atoms with Crippen molar-refractivity contribution in [1.82, 2.24) is 0 Å². The van der Waals surface area contributed by atoms with Crippen LogP contribution in [0, 0.1) is 11.3 Å². The Morgan fingerprint density at radius 3 is 2.43 bits per heavy atom. The summed E-state index contributed by atoms with van der Waals surface area (Å²) >= 11 is 0.